The third-order valence-corrected chi connectivity index (χ3v) is 10.6. The van der Waals surface area contributed by atoms with Crippen molar-refractivity contribution in [3.8, 4) is 16.5 Å². The van der Waals surface area contributed by atoms with E-state index in [0.29, 0.717) is 38.7 Å². The number of benzene rings is 1. The highest BCUT2D eigenvalue weighted by atomic mass is 32.1. The van der Waals surface area contributed by atoms with Crippen LogP contribution in [0.15, 0.2) is 50.7 Å². The first-order valence-electron chi connectivity index (χ1n) is 14.7. The van der Waals surface area contributed by atoms with Crippen LogP contribution in [-0.4, -0.2) is 38.4 Å². The van der Waals surface area contributed by atoms with E-state index in [-0.39, 0.29) is 18.0 Å². The van der Waals surface area contributed by atoms with Gasteiger partial charge in [-0.25, -0.2) is 19.1 Å². The van der Waals surface area contributed by atoms with Gasteiger partial charge in [-0.2, -0.15) is 0 Å². The molecular weight excluding hydrogens is 570 g/mol. The Morgan fingerprint density at radius 2 is 1.88 bits per heavy atom. The van der Waals surface area contributed by atoms with Crippen LogP contribution in [0.5, 0.6) is 5.75 Å². The Balaban J connectivity index is 1.52. The quantitative estimate of drug-likeness (QED) is 0.261. The number of thiophene rings is 1. The van der Waals surface area contributed by atoms with Crippen LogP contribution in [-0.2, 0) is 21.6 Å². The number of rotatable bonds is 9. The van der Waals surface area contributed by atoms with Gasteiger partial charge in [0.15, 0.2) is 0 Å². The molecule has 2 aliphatic carbocycles. The fourth-order valence-corrected chi connectivity index (χ4v) is 8.40. The van der Waals surface area contributed by atoms with Gasteiger partial charge in [-0.05, 0) is 75.8 Å². The lowest BCUT2D eigenvalue weighted by Crippen LogP contribution is -2.52. The zero-order valence-corrected chi connectivity index (χ0v) is 25.8. The molecule has 2 fully saturated rings. The molecule has 228 valence electrons. The highest BCUT2D eigenvalue weighted by molar-refractivity contribution is 7.22. The molecule has 5 atom stereocenters. The van der Waals surface area contributed by atoms with Crippen molar-refractivity contribution in [1.82, 2.24) is 14.1 Å². The molecule has 1 N–H and O–H groups in total. The second-order valence-electron chi connectivity index (χ2n) is 12.5. The molecule has 0 spiro atoms. The van der Waals surface area contributed by atoms with Crippen LogP contribution < -0.4 is 16.0 Å². The fourth-order valence-electron chi connectivity index (χ4n) is 7.16. The van der Waals surface area contributed by atoms with Gasteiger partial charge in [-0.3, -0.25) is 9.36 Å². The van der Waals surface area contributed by atoms with E-state index in [0.717, 1.165) is 28.9 Å². The Labute approximate surface area is 252 Å². The highest BCUT2D eigenvalue weighted by Crippen LogP contribution is 2.49. The molecule has 4 aromatic rings. The number of para-hydroxylation sites is 1. The van der Waals surface area contributed by atoms with E-state index in [1.165, 1.54) is 55.1 Å². The normalized spacial score (nSPS) is 22.6. The molecule has 6 rings (SSSR count). The summed E-state index contributed by atoms with van der Waals surface area (Å²) in [6.07, 6.45) is 6.71. The van der Waals surface area contributed by atoms with E-state index in [4.69, 9.17) is 13.9 Å². The van der Waals surface area contributed by atoms with E-state index in [9.17, 15) is 19.5 Å². The van der Waals surface area contributed by atoms with Crippen molar-refractivity contribution in [2.45, 2.75) is 77.7 Å². The van der Waals surface area contributed by atoms with Crippen LogP contribution in [0.1, 0.15) is 63.7 Å². The van der Waals surface area contributed by atoms with Gasteiger partial charge in [0.1, 0.15) is 28.5 Å². The maximum absolute atomic E-state index is 14.3. The van der Waals surface area contributed by atoms with E-state index in [1.807, 2.05) is 24.3 Å². The van der Waals surface area contributed by atoms with Gasteiger partial charge >= 0.3 is 11.7 Å². The molecule has 3 aromatic heterocycles. The van der Waals surface area contributed by atoms with Crippen molar-refractivity contribution < 1.29 is 23.8 Å². The van der Waals surface area contributed by atoms with Gasteiger partial charge in [0.2, 0.25) is 5.89 Å². The predicted octanol–water partition coefficient (Wildman–Crippen LogP) is 5.60. The minimum atomic E-state index is -1.80. The number of aromatic nitrogens is 3. The SMILES string of the molecule is COc1ccccc1C(Cn1c(=O)n(C(C)(C)C(=O)O)c(=O)c2c(C)c(-c3ncco3)sc21)O[C@H]1C[C@H]2C[C@@H](C)C[C@H]2C1. The van der Waals surface area contributed by atoms with Gasteiger partial charge in [-0.15, -0.1) is 11.3 Å². The van der Waals surface area contributed by atoms with E-state index in [1.54, 1.807) is 14.0 Å². The third-order valence-electron chi connectivity index (χ3n) is 9.32. The Kier molecular flexibility index (Phi) is 7.58. The van der Waals surface area contributed by atoms with Gasteiger partial charge < -0.3 is 19.0 Å². The fraction of sp³-hybridized carbons (Fsp3) is 0.500. The zero-order chi connectivity index (χ0) is 30.6. The van der Waals surface area contributed by atoms with Crippen LogP contribution in [0.4, 0.5) is 0 Å². The predicted molar refractivity (Wildman–Crippen MR) is 163 cm³/mol. The number of fused-ring (bicyclic) bond motifs is 2. The Morgan fingerprint density at radius 1 is 1.19 bits per heavy atom. The summed E-state index contributed by atoms with van der Waals surface area (Å²) in [7, 11) is 1.60. The summed E-state index contributed by atoms with van der Waals surface area (Å²) in [5, 5.41) is 10.3. The Hall–Kier alpha value is -3.70. The van der Waals surface area contributed by atoms with Crippen molar-refractivity contribution in [3.05, 3.63) is 68.7 Å². The number of carbonyl (C=O) groups is 1. The molecule has 1 unspecified atom stereocenters. The summed E-state index contributed by atoms with van der Waals surface area (Å²) in [4.78, 5) is 45.8. The second-order valence-corrected chi connectivity index (χ2v) is 13.5. The number of methoxy groups -OCH3 is 1. The van der Waals surface area contributed by atoms with E-state index in [2.05, 4.69) is 11.9 Å². The molecule has 11 heteroatoms. The molecule has 0 radical (unpaired) electrons. The molecule has 10 nitrogen and oxygen atoms in total. The summed E-state index contributed by atoms with van der Waals surface area (Å²) < 4.78 is 20.5. The smallest absolute Gasteiger partial charge is 0.333 e. The van der Waals surface area contributed by atoms with Gasteiger partial charge in [0.25, 0.3) is 5.56 Å². The van der Waals surface area contributed by atoms with Gasteiger partial charge in [-0.1, -0.05) is 25.1 Å². The molecule has 43 heavy (non-hydrogen) atoms. The molecule has 3 heterocycles. The second kappa shape index (κ2) is 11.1. The van der Waals surface area contributed by atoms with Crippen LogP contribution in [0.3, 0.4) is 0 Å². The molecule has 2 saturated carbocycles. The Bertz CT molecular complexity index is 1770. The molecular formula is C32H37N3O7S. The maximum Gasteiger partial charge on any atom is 0.333 e. The average Bonchev–Trinajstić information content (AvgIpc) is 3.74. The minimum absolute atomic E-state index is 0.0120. The van der Waals surface area contributed by atoms with Crippen molar-refractivity contribution in [1.29, 1.82) is 0 Å². The van der Waals surface area contributed by atoms with Crippen LogP contribution >= 0.6 is 11.3 Å². The summed E-state index contributed by atoms with van der Waals surface area (Å²) in [5.41, 5.74) is -1.83. The van der Waals surface area contributed by atoms with Crippen LogP contribution in [0.2, 0.25) is 0 Å². The number of ether oxygens (including phenoxy) is 2. The lowest BCUT2D eigenvalue weighted by Gasteiger charge is -2.27. The first-order valence-corrected chi connectivity index (χ1v) is 15.5. The standard InChI is InChI=1S/C32H37N3O7S/c1-17-12-19-14-21(15-20(19)13-17)42-24(22-8-6-7-9-23(22)40-5)16-34-29-25(18(2)26(43-29)27-33-10-11-41-27)28(36)35(31(34)39)32(3,4)30(37)38/h6-11,17,19-21,24H,12-16H2,1-5H3,(H,37,38)/t17-,19-,20+,21+,24?. The zero-order valence-electron chi connectivity index (χ0n) is 25.0. The number of oxazole rings is 1. The number of aliphatic carboxylic acids is 1. The average molecular weight is 608 g/mol. The number of aryl methyl sites for hydroxylation is 1. The van der Waals surface area contributed by atoms with Gasteiger partial charge in [0.05, 0.1) is 36.2 Å². The molecule has 1 aromatic carbocycles. The molecule has 0 bridgehead atoms. The lowest BCUT2D eigenvalue weighted by molar-refractivity contribution is -0.146. The maximum atomic E-state index is 14.3. The van der Waals surface area contributed by atoms with E-state index < -0.39 is 28.9 Å². The van der Waals surface area contributed by atoms with Crippen molar-refractivity contribution in [2.24, 2.45) is 17.8 Å². The summed E-state index contributed by atoms with van der Waals surface area (Å²) in [6.45, 7) is 6.85. The molecule has 2 aliphatic rings. The van der Waals surface area contributed by atoms with Crippen LogP contribution in [0, 0.1) is 24.7 Å². The summed E-state index contributed by atoms with van der Waals surface area (Å²) >= 11 is 1.23. The molecule has 0 amide bonds. The summed E-state index contributed by atoms with van der Waals surface area (Å²) in [5.74, 6) is 1.66. The van der Waals surface area contributed by atoms with Crippen molar-refractivity contribution in [3.63, 3.8) is 0 Å². The van der Waals surface area contributed by atoms with Gasteiger partial charge in [0, 0.05) is 5.56 Å². The van der Waals surface area contributed by atoms with Crippen molar-refractivity contribution >= 4 is 27.5 Å². The lowest BCUT2D eigenvalue weighted by atomic mass is 10.0. The monoisotopic (exact) mass is 607 g/mol. The highest BCUT2D eigenvalue weighted by Gasteiger charge is 2.42. The molecule has 0 saturated heterocycles. The first-order chi connectivity index (χ1) is 20.5. The number of nitrogens with zero attached hydrogens (tertiary/aromatic N) is 3. The third kappa shape index (κ3) is 5.02. The number of carboxylic acid groups (broad SMARTS) is 1. The van der Waals surface area contributed by atoms with Crippen molar-refractivity contribution in [2.75, 3.05) is 7.11 Å². The number of hydrogen-bond acceptors (Lipinski definition) is 8. The summed E-state index contributed by atoms with van der Waals surface area (Å²) in [6, 6.07) is 7.58. The Morgan fingerprint density at radius 3 is 2.51 bits per heavy atom. The molecule has 0 aliphatic heterocycles. The number of carboxylic acids is 1. The number of hydrogen-bond donors (Lipinski definition) is 1. The van der Waals surface area contributed by atoms with E-state index >= 15 is 0 Å². The largest absolute Gasteiger partial charge is 0.496 e. The van der Waals surface area contributed by atoms with Crippen LogP contribution in [0.25, 0.3) is 21.0 Å². The topological polar surface area (TPSA) is 126 Å². The minimum Gasteiger partial charge on any atom is -0.496 e. The first kappa shape index (κ1) is 29.4.